The molecule has 0 amide bonds. The molecule has 2 heterocycles. The van der Waals surface area contributed by atoms with Crippen LogP contribution in [0, 0.1) is 0 Å². The van der Waals surface area contributed by atoms with Gasteiger partial charge in [-0.2, -0.15) is 5.10 Å². The van der Waals surface area contributed by atoms with Gasteiger partial charge in [-0.05, 0) is 12.1 Å². The van der Waals surface area contributed by atoms with Gasteiger partial charge in [-0.25, -0.2) is 0 Å². The van der Waals surface area contributed by atoms with E-state index in [1.807, 2.05) is 24.3 Å². The molecule has 0 bridgehead atoms. The zero-order valence-corrected chi connectivity index (χ0v) is 8.92. The highest BCUT2D eigenvalue weighted by Crippen LogP contribution is 2.07. The Bertz CT molecular complexity index is 700. The summed E-state index contributed by atoms with van der Waals surface area (Å²) in [5.41, 5.74) is 3.53. The number of fused-ring (bicyclic) bond motifs is 1. The first-order valence-corrected chi connectivity index (χ1v) is 5.21. The number of nitrogens with zero attached hydrogens (tertiary/aromatic N) is 2. The minimum absolute atomic E-state index is 0.163. The Hall–Kier alpha value is -2.56. The van der Waals surface area contributed by atoms with E-state index in [9.17, 15) is 4.79 Å². The van der Waals surface area contributed by atoms with Crippen molar-refractivity contribution in [3.05, 3.63) is 59.3 Å². The number of H-pyrrole nitrogens is 1. The van der Waals surface area contributed by atoms with Gasteiger partial charge in [0.2, 0.25) is 0 Å². The number of benzene rings is 1. The molecule has 3 aromatic rings. The van der Waals surface area contributed by atoms with Crippen LogP contribution in [0.3, 0.4) is 0 Å². The summed E-state index contributed by atoms with van der Waals surface area (Å²) in [6.07, 6.45) is 5.19. The van der Waals surface area contributed by atoms with Crippen LogP contribution >= 0.6 is 0 Å². The van der Waals surface area contributed by atoms with Crippen molar-refractivity contribution in [1.29, 1.82) is 0 Å². The minimum atomic E-state index is -0.163. The first kappa shape index (κ1) is 9.65. The van der Waals surface area contributed by atoms with Crippen LogP contribution in [0.2, 0.25) is 0 Å². The molecule has 5 nitrogen and oxygen atoms in total. The molecule has 2 aromatic heterocycles. The van der Waals surface area contributed by atoms with Gasteiger partial charge in [0, 0.05) is 17.8 Å². The highest BCUT2D eigenvalue weighted by Gasteiger charge is 2.03. The summed E-state index contributed by atoms with van der Waals surface area (Å²) >= 11 is 0. The summed E-state index contributed by atoms with van der Waals surface area (Å²) in [5.74, 6) is 0. The Morgan fingerprint density at radius 2 is 2.12 bits per heavy atom. The highest BCUT2D eigenvalue weighted by atomic mass is 16.1. The van der Waals surface area contributed by atoms with E-state index in [4.69, 9.17) is 0 Å². The van der Waals surface area contributed by atoms with E-state index < -0.39 is 0 Å². The molecule has 0 fully saturated rings. The van der Waals surface area contributed by atoms with E-state index in [0.717, 1.165) is 11.1 Å². The Labute approximate surface area is 96.7 Å². The fourth-order valence-corrected chi connectivity index (χ4v) is 1.69. The zero-order valence-electron chi connectivity index (χ0n) is 8.92. The van der Waals surface area contributed by atoms with Crippen molar-refractivity contribution >= 4 is 16.5 Å². The summed E-state index contributed by atoms with van der Waals surface area (Å²) in [4.78, 5) is 16.2. The van der Waals surface area contributed by atoms with Crippen LogP contribution in [0.15, 0.2) is 53.7 Å². The van der Waals surface area contributed by atoms with Gasteiger partial charge in [0.1, 0.15) is 0 Å². The molecule has 1 aromatic carbocycles. The molecule has 0 saturated carbocycles. The molecule has 0 spiro atoms. The molecule has 84 valence electrons. The highest BCUT2D eigenvalue weighted by molar-refractivity contribution is 5.80. The van der Waals surface area contributed by atoms with Gasteiger partial charge in [-0.1, -0.05) is 18.2 Å². The van der Waals surface area contributed by atoms with Crippen molar-refractivity contribution in [3.8, 4) is 0 Å². The number of anilines is 1. The van der Waals surface area contributed by atoms with Gasteiger partial charge < -0.3 is 4.98 Å². The van der Waals surface area contributed by atoms with E-state index in [1.54, 1.807) is 24.7 Å². The van der Waals surface area contributed by atoms with Gasteiger partial charge >= 0.3 is 0 Å². The molecule has 5 heteroatoms. The van der Waals surface area contributed by atoms with Crippen molar-refractivity contribution in [2.45, 2.75) is 0 Å². The molecular formula is C12H10N4O. The third-order valence-electron chi connectivity index (χ3n) is 2.53. The average molecular weight is 226 g/mol. The predicted molar refractivity (Wildman–Crippen MR) is 65.8 cm³/mol. The van der Waals surface area contributed by atoms with Crippen LogP contribution in [0.1, 0.15) is 0 Å². The lowest BCUT2D eigenvalue weighted by molar-refractivity contribution is 0.752. The molecular weight excluding hydrogens is 216 g/mol. The van der Waals surface area contributed by atoms with Crippen LogP contribution in [-0.2, 0) is 0 Å². The van der Waals surface area contributed by atoms with Crippen molar-refractivity contribution in [2.24, 2.45) is 0 Å². The monoisotopic (exact) mass is 226 g/mol. The topological polar surface area (TPSA) is 62.7 Å². The molecule has 0 atom stereocenters. The second-order valence-corrected chi connectivity index (χ2v) is 3.66. The molecule has 0 aliphatic heterocycles. The minimum Gasteiger partial charge on any atom is -0.366 e. The molecule has 0 radical (unpaired) electrons. The number of nitrogens with one attached hydrogen (secondary N) is 2. The van der Waals surface area contributed by atoms with Crippen molar-refractivity contribution in [3.63, 3.8) is 0 Å². The second-order valence-electron chi connectivity index (χ2n) is 3.66. The predicted octanol–water partition coefficient (Wildman–Crippen LogP) is 1.60. The zero-order chi connectivity index (χ0) is 11.7. The summed E-state index contributed by atoms with van der Waals surface area (Å²) in [6, 6.07) is 9.19. The molecule has 3 rings (SSSR count). The van der Waals surface area contributed by atoms with Crippen molar-refractivity contribution in [2.75, 3.05) is 5.43 Å². The van der Waals surface area contributed by atoms with Crippen LogP contribution in [0.5, 0.6) is 0 Å². The maximum Gasteiger partial charge on any atom is 0.294 e. The van der Waals surface area contributed by atoms with Gasteiger partial charge in [-0.15, -0.1) is 4.79 Å². The van der Waals surface area contributed by atoms with E-state index in [-0.39, 0.29) is 5.56 Å². The summed E-state index contributed by atoms with van der Waals surface area (Å²) in [6.45, 7) is 0. The number of aromatic nitrogens is 3. The molecule has 0 unspecified atom stereocenters. The number of hydrogen-bond donors (Lipinski definition) is 2. The van der Waals surface area contributed by atoms with Crippen molar-refractivity contribution in [1.82, 2.24) is 14.9 Å². The van der Waals surface area contributed by atoms with E-state index in [2.05, 4.69) is 15.5 Å². The molecule has 0 aliphatic rings. The first-order chi connectivity index (χ1) is 8.34. The smallest absolute Gasteiger partial charge is 0.294 e. The molecule has 2 N–H and O–H groups in total. The normalized spacial score (nSPS) is 10.6. The number of rotatable bonds is 2. The summed E-state index contributed by atoms with van der Waals surface area (Å²) < 4.78 is 0. The van der Waals surface area contributed by atoms with Crippen LogP contribution in [0.4, 0.5) is 5.69 Å². The fraction of sp³-hybridized carbons (Fsp3) is 0. The lowest BCUT2D eigenvalue weighted by atomic mass is 10.2. The third-order valence-corrected chi connectivity index (χ3v) is 2.53. The summed E-state index contributed by atoms with van der Waals surface area (Å²) in [5, 5.41) is 5.54. The lowest BCUT2D eigenvalue weighted by Crippen LogP contribution is -2.28. The third kappa shape index (κ3) is 1.67. The van der Waals surface area contributed by atoms with Gasteiger partial charge in [0.25, 0.3) is 5.56 Å². The maximum atomic E-state index is 12.1. The number of aromatic amines is 1. The fourth-order valence-electron chi connectivity index (χ4n) is 1.69. The van der Waals surface area contributed by atoms with Gasteiger partial charge in [-0.3, -0.25) is 10.2 Å². The summed E-state index contributed by atoms with van der Waals surface area (Å²) in [7, 11) is 0. The molecule has 0 aliphatic carbocycles. The van der Waals surface area contributed by atoms with Crippen LogP contribution < -0.4 is 11.0 Å². The average Bonchev–Trinajstić information content (AvgIpc) is 2.86. The van der Waals surface area contributed by atoms with Gasteiger partial charge in [0.05, 0.1) is 17.3 Å². The standard InChI is InChI=1S/C12H10N4O/c17-12-11-4-2-1-3-9(11)7-14-16(12)15-10-5-6-13-8-10/h1-8,13,15H. The quantitative estimate of drug-likeness (QED) is 0.697. The molecule has 17 heavy (non-hydrogen) atoms. The Kier molecular flexibility index (Phi) is 2.15. The molecule has 0 saturated heterocycles. The van der Waals surface area contributed by atoms with E-state index in [0.29, 0.717) is 5.39 Å². The Morgan fingerprint density at radius 1 is 1.24 bits per heavy atom. The Balaban J connectivity index is 2.12. The largest absolute Gasteiger partial charge is 0.366 e. The van der Waals surface area contributed by atoms with Crippen LogP contribution in [0.25, 0.3) is 10.8 Å². The Morgan fingerprint density at radius 3 is 2.94 bits per heavy atom. The second kappa shape index (κ2) is 3.79. The van der Waals surface area contributed by atoms with E-state index in [1.165, 1.54) is 4.79 Å². The van der Waals surface area contributed by atoms with Crippen LogP contribution in [-0.4, -0.2) is 14.9 Å². The SMILES string of the molecule is O=c1c2ccccc2cnn1Nc1cc[nH]c1. The van der Waals surface area contributed by atoms with Crippen molar-refractivity contribution < 1.29 is 0 Å². The van der Waals surface area contributed by atoms with E-state index >= 15 is 0 Å². The number of hydrogen-bond acceptors (Lipinski definition) is 3. The van der Waals surface area contributed by atoms with Gasteiger partial charge in [0.15, 0.2) is 0 Å². The lowest BCUT2D eigenvalue weighted by Gasteiger charge is -2.06. The maximum absolute atomic E-state index is 12.1. The first-order valence-electron chi connectivity index (χ1n) is 5.21.